The molecule has 14 heteroatoms. The van der Waals surface area contributed by atoms with Gasteiger partial charge in [-0.05, 0) is 69.8 Å². The molecule has 57 heavy (non-hydrogen) atoms. The number of terminal acetylenes is 1. The van der Waals surface area contributed by atoms with E-state index < -0.39 is 107 Å². The number of ether oxygens (including phenoxy) is 2. The van der Waals surface area contributed by atoms with Crippen LogP contribution < -0.4 is 16.0 Å². The smallest absolute Gasteiger partial charge is 0.329 e. The van der Waals surface area contributed by atoms with Crippen molar-refractivity contribution in [1.29, 1.82) is 0 Å². The summed E-state index contributed by atoms with van der Waals surface area (Å²) in [5.74, 6) is -3.34. The number of nitrogens with one attached hydrogen (secondary N) is 3. The van der Waals surface area contributed by atoms with Gasteiger partial charge in [-0.25, -0.2) is 9.59 Å². The van der Waals surface area contributed by atoms with E-state index in [-0.39, 0.29) is 19.4 Å². The number of benzene rings is 1. The van der Waals surface area contributed by atoms with E-state index in [4.69, 9.17) is 15.9 Å². The Bertz CT molecular complexity index is 1650. The van der Waals surface area contributed by atoms with E-state index in [1.165, 1.54) is 23.8 Å². The Morgan fingerprint density at radius 3 is 2.04 bits per heavy atom. The van der Waals surface area contributed by atoms with E-state index in [9.17, 15) is 33.6 Å². The first-order valence-electron chi connectivity index (χ1n) is 20.1. The molecule has 2 fully saturated rings. The largest absolute Gasteiger partial charge is 0.460 e. The summed E-state index contributed by atoms with van der Waals surface area (Å²) in [6.07, 6.45) is 4.94. The monoisotopic (exact) mass is 793 g/mol. The molecule has 0 radical (unpaired) electrons. The van der Waals surface area contributed by atoms with Gasteiger partial charge in [-0.3, -0.25) is 24.0 Å². The number of cyclic esters (lactones) is 2. The van der Waals surface area contributed by atoms with Crippen LogP contribution in [-0.4, -0.2) is 107 Å². The molecule has 0 spiro atoms. The first-order valence-corrected chi connectivity index (χ1v) is 20.1. The van der Waals surface area contributed by atoms with Gasteiger partial charge in [0, 0.05) is 26.4 Å². The third kappa shape index (κ3) is 11.8. The first-order chi connectivity index (χ1) is 26.7. The zero-order chi connectivity index (χ0) is 42.8. The van der Waals surface area contributed by atoms with Crippen molar-refractivity contribution in [3.8, 4) is 12.3 Å². The van der Waals surface area contributed by atoms with Gasteiger partial charge in [-0.15, -0.1) is 12.3 Å². The molecule has 7 atom stereocenters. The zero-order valence-corrected chi connectivity index (χ0v) is 35.3. The molecule has 314 valence electrons. The summed E-state index contributed by atoms with van der Waals surface area (Å²) in [6, 6.07) is 3.53. The Morgan fingerprint density at radius 2 is 1.46 bits per heavy atom. The van der Waals surface area contributed by atoms with Crippen LogP contribution in [-0.2, 0) is 49.5 Å². The molecule has 0 aromatic heterocycles. The summed E-state index contributed by atoms with van der Waals surface area (Å²) in [6.45, 7) is 15.3. The Labute approximate surface area is 337 Å². The molecule has 3 N–H and O–H groups in total. The minimum Gasteiger partial charge on any atom is -0.460 e. The maximum atomic E-state index is 14.4. The second-order valence-corrected chi connectivity index (χ2v) is 16.8. The predicted molar refractivity (Wildman–Crippen MR) is 214 cm³/mol. The van der Waals surface area contributed by atoms with Crippen LogP contribution in [0.5, 0.6) is 0 Å². The Balaban J connectivity index is 2.15. The van der Waals surface area contributed by atoms with E-state index >= 15 is 0 Å². The van der Waals surface area contributed by atoms with Crippen LogP contribution in [0.25, 0.3) is 0 Å². The van der Waals surface area contributed by atoms with Crippen molar-refractivity contribution in [2.45, 2.75) is 143 Å². The molecule has 2 heterocycles. The van der Waals surface area contributed by atoms with Crippen LogP contribution in [0.15, 0.2) is 30.3 Å². The molecule has 2 aliphatic heterocycles. The fourth-order valence-electron chi connectivity index (χ4n) is 7.27. The summed E-state index contributed by atoms with van der Waals surface area (Å²) in [5.41, 5.74) is -0.678. The highest BCUT2D eigenvalue weighted by Crippen LogP contribution is 2.30. The molecule has 0 saturated carbocycles. The summed E-state index contributed by atoms with van der Waals surface area (Å²) >= 11 is 0. The normalized spacial score (nSPS) is 27.4. The fraction of sp³-hybridized carbons (Fsp3) is 0.651. The maximum Gasteiger partial charge on any atom is 0.329 e. The SMILES string of the molecule is C#CCCC[C@H]1OC(=O)[C@H](C)NC(=O)[C@H](C(C)C)NC(=O)[C@@H]2CCCN2C(=O)[C@H](Cc2ccccc2)OC(=O)[C@@H](C(C)C)N(C)C(=O)[C@H](C(C)C)NC(=O)C1(C)C. The lowest BCUT2D eigenvalue weighted by molar-refractivity contribution is -0.169. The molecule has 2 saturated heterocycles. The summed E-state index contributed by atoms with van der Waals surface area (Å²) < 4.78 is 12.0. The zero-order valence-electron chi connectivity index (χ0n) is 35.3. The van der Waals surface area contributed by atoms with Gasteiger partial charge >= 0.3 is 11.9 Å². The number of hydrogen-bond acceptors (Lipinski definition) is 9. The number of esters is 2. The minimum absolute atomic E-state index is 0.00596. The van der Waals surface area contributed by atoms with Crippen LogP contribution in [0.2, 0.25) is 0 Å². The van der Waals surface area contributed by atoms with E-state index in [0.717, 1.165) is 0 Å². The van der Waals surface area contributed by atoms with Gasteiger partial charge in [0.2, 0.25) is 23.6 Å². The van der Waals surface area contributed by atoms with Gasteiger partial charge < -0.3 is 35.2 Å². The van der Waals surface area contributed by atoms with E-state index in [1.54, 1.807) is 79.7 Å². The van der Waals surface area contributed by atoms with Crippen molar-refractivity contribution in [1.82, 2.24) is 25.8 Å². The van der Waals surface area contributed by atoms with Gasteiger partial charge in [0.15, 0.2) is 6.10 Å². The van der Waals surface area contributed by atoms with Crippen molar-refractivity contribution in [2.24, 2.45) is 23.2 Å². The lowest BCUT2D eigenvalue weighted by atomic mass is 9.82. The standard InChI is InChI=1S/C43H63N5O9/c1-12-13-15-22-32-43(9,10)42(55)46-34(26(4)5)39(52)47(11)35(27(6)7)41(54)56-31(24-29-19-16-14-17-20-29)38(51)48-23-18-21-30(48)36(49)45-33(25(2)3)37(50)44-28(8)40(53)57-32/h1,14,16-17,19-20,25-28,30-35H,13,15,18,21-24H2,2-11H3,(H,44,50)(H,45,49)(H,46,55)/t28-,30-,31-,32+,33-,34-,35+/m0/s1. The van der Waals surface area contributed by atoms with Crippen molar-refractivity contribution < 1.29 is 43.0 Å². The summed E-state index contributed by atoms with van der Waals surface area (Å²) in [5, 5.41) is 8.31. The Kier molecular flexibility index (Phi) is 16.7. The molecule has 0 bridgehead atoms. The molecule has 0 unspecified atom stereocenters. The molecule has 1 aromatic rings. The van der Waals surface area contributed by atoms with Crippen LogP contribution >= 0.6 is 0 Å². The van der Waals surface area contributed by atoms with Crippen LogP contribution in [0.1, 0.15) is 100.0 Å². The topological polar surface area (TPSA) is 181 Å². The molecular weight excluding hydrogens is 730 g/mol. The number of hydrogen-bond donors (Lipinski definition) is 3. The van der Waals surface area contributed by atoms with E-state index in [1.807, 2.05) is 6.07 Å². The molecule has 5 amide bonds. The Hall–Kier alpha value is -4.93. The third-order valence-electron chi connectivity index (χ3n) is 10.9. The van der Waals surface area contributed by atoms with Crippen molar-refractivity contribution in [3.63, 3.8) is 0 Å². The van der Waals surface area contributed by atoms with E-state index in [0.29, 0.717) is 31.2 Å². The van der Waals surface area contributed by atoms with Crippen LogP contribution in [0, 0.1) is 35.5 Å². The lowest BCUT2D eigenvalue weighted by Crippen LogP contribution is -2.60. The number of carbonyl (C=O) groups excluding carboxylic acids is 7. The maximum absolute atomic E-state index is 14.4. The van der Waals surface area contributed by atoms with Crippen LogP contribution in [0.4, 0.5) is 0 Å². The number of carbonyl (C=O) groups is 7. The molecule has 2 aliphatic rings. The third-order valence-corrected chi connectivity index (χ3v) is 10.9. The van der Waals surface area contributed by atoms with Crippen molar-refractivity contribution in [2.75, 3.05) is 13.6 Å². The van der Waals surface area contributed by atoms with Crippen molar-refractivity contribution >= 4 is 41.5 Å². The summed E-state index contributed by atoms with van der Waals surface area (Å²) in [7, 11) is 1.46. The lowest BCUT2D eigenvalue weighted by Gasteiger charge is -2.38. The van der Waals surface area contributed by atoms with Crippen LogP contribution in [0.3, 0.4) is 0 Å². The number of rotatable bonds is 8. The fourth-order valence-corrected chi connectivity index (χ4v) is 7.27. The molecule has 1 aromatic carbocycles. The molecular formula is C43H63N5O9. The second kappa shape index (κ2) is 20.5. The predicted octanol–water partition coefficient (Wildman–Crippen LogP) is 3.16. The summed E-state index contributed by atoms with van der Waals surface area (Å²) in [4.78, 5) is 101. The van der Waals surface area contributed by atoms with Crippen molar-refractivity contribution in [3.05, 3.63) is 35.9 Å². The van der Waals surface area contributed by atoms with E-state index in [2.05, 4.69) is 21.9 Å². The highest BCUT2D eigenvalue weighted by atomic mass is 16.6. The number of likely N-dealkylation sites (N-methyl/N-ethyl adjacent to an activating group) is 1. The molecule has 0 aliphatic carbocycles. The van der Waals surface area contributed by atoms with Gasteiger partial charge in [0.25, 0.3) is 5.91 Å². The highest BCUT2D eigenvalue weighted by molar-refractivity contribution is 5.96. The average Bonchev–Trinajstić information content (AvgIpc) is 3.64. The van der Waals surface area contributed by atoms with Gasteiger partial charge in [-0.2, -0.15) is 0 Å². The number of amides is 5. The number of fused-ring (bicyclic) bond motifs is 1. The average molecular weight is 794 g/mol. The molecule has 3 rings (SSSR count). The highest BCUT2D eigenvalue weighted by Gasteiger charge is 2.45. The van der Waals surface area contributed by atoms with Gasteiger partial charge in [0.1, 0.15) is 36.3 Å². The number of nitrogens with zero attached hydrogens (tertiary/aromatic N) is 2. The second-order valence-electron chi connectivity index (χ2n) is 16.8. The minimum atomic E-state index is -1.39. The Morgan fingerprint density at radius 1 is 0.825 bits per heavy atom. The van der Waals surface area contributed by atoms with Gasteiger partial charge in [0.05, 0.1) is 5.41 Å². The molecule has 14 nitrogen and oxygen atoms in total. The quantitative estimate of drug-likeness (QED) is 0.203. The first kappa shape index (κ1) is 46.5. The van der Waals surface area contributed by atoms with Gasteiger partial charge in [-0.1, -0.05) is 71.9 Å². The number of unbranched alkanes of at least 4 members (excludes halogenated alkanes) is 1.